The predicted molar refractivity (Wildman–Crippen MR) is 109 cm³/mol. The fraction of sp³-hybridized carbons (Fsp3) is 0.316. The van der Waals surface area contributed by atoms with Gasteiger partial charge in [0.15, 0.2) is 0 Å². The molecule has 0 bridgehead atoms. The summed E-state index contributed by atoms with van der Waals surface area (Å²) in [6.45, 7) is 1.97. The summed E-state index contributed by atoms with van der Waals surface area (Å²) in [6, 6.07) is 12.0. The number of aromatic nitrogens is 1. The van der Waals surface area contributed by atoms with Gasteiger partial charge in [0.25, 0.3) is 0 Å². The molecule has 2 N–H and O–H groups in total. The molecule has 9 heteroatoms. The van der Waals surface area contributed by atoms with E-state index in [1.807, 2.05) is 48.7 Å². The van der Waals surface area contributed by atoms with Crippen LogP contribution in [0.2, 0.25) is 0 Å². The highest BCUT2D eigenvalue weighted by Crippen LogP contribution is 2.41. The Kier molecular flexibility index (Phi) is 6.50. The highest BCUT2D eigenvalue weighted by molar-refractivity contribution is 7.46. The van der Waals surface area contributed by atoms with Gasteiger partial charge in [0, 0.05) is 17.2 Å². The molecule has 0 spiro atoms. The predicted octanol–water partition coefficient (Wildman–Crippen LogP) is 4.11. The number of aryl methyl sites for hydroxylation is 1. The Balaban J connectivity index is 1.96. The lowest BCUT2D eigenvalue weighted by Gasteiger charge is -2.29. The molecule has 2 aromatic carbocycles. The molecule has 3 rings (SSSR count). The quantitative estimate of drug-likeness (QED) is 0.417. The first kappa shape index (κ1) is 20.9. The number of fused-ring (bicyclic) bond motifs is 1. The first-order valence-corrected chi connectivity index (χ1v) is 11.2. The Labute approximate surface area is 167 Å². The van der Waals surface area contributed by atoms with Crippen molar-refractivity contribution < 1.29 is 23.6 Å². The van der Waals surface area contributed by atoms with Crippen LogP contribution in [0, 0.1) is 6.92 Å². The van der Waals surface area contributed by atoms with Crippen LogP contribution in [0.25, 0.3) is 10.8 Å². The summed E-state index contributed by atoms with van der Waals surface area (Å²) in [5.41, 5.74) is 3.37. The summed E-state index contributed by atoms with van der Waals surface area (Å²) in [5, 5.41) is 3.89. The molecule has 150 valence electrons. The molecule has 28 heavy (non-hydrogen) atoms. The summed E-state index contributed by atoms with van der Waals surface area (Å²) in [4.78, 5) is 24.5. The highest BCUT2D eigenvalue weighted by Gasteiger charge is 2.29. The molecular weight excluding hydrogens is 399 g/mol. The minimum atomic E-state index is -4.65. The molecule has 2 unspecified atom stereocenters. The van der Waals surface area contributed by atoms with Crippen LogP contribution in [-0.4, -0.2) is 40.0 Å². The van der Waals surface area contributed by atoms with E-state index in [4.69, 9.17) is 9.26 Å². The van der Waals surface area contributed by atoms with Gasteiger partial charge in [-0.25, -0.2) is 9.55 Å². The second-order valence-corrected chi connectivity index (χ2v) is 8.61. The molecular formula is C19H23N2O5PS. The number of hydrogen-bond acceptors (Lipinski definition) is 6. The standard InChI is InChI=1S/C19H23N2O5PS/c1-13-8-9-14-6-4-5-7-15(14)19(13)25-17(16-11-28-12-20-16)10-18(21(2)3)26-27(22,23)24/h4-9,11-12,17-18H,10H2,1-3H3,(H2,22,23,24). The molecule has 0 aliphatic heterocycles. The van der Waals surface area contributed by atoms with Crippen molar-refractivity contribution >= 4 is 29.9 Å². The zero-order chi connectivity index (χ0) is 20.3. The largest absolute Gasteiger partial charge is 0.483 e. The smallest absolute Gasteiger partial charge is 0.471 e. The molecule has 0 radical (unpaired) electrons. The third-order valence-corrected chi connectivity index (χ3v) is 5.49. The zero-order valence-electron chi connectivity index (χ0n) is 15.8. The van der Waals surface area contributed by atoms with Gasteiger partial charge in [-0.05, 0) is 32.0 Å². The van der Waals surface area contributed by atoms with Gasteiger partial charge in [-0.1, -0.05) is 36.4 Å². The van der Waals surface area contributed by atoms with Crippen molar-refractivity contribution in [1.82, 2.24) is 9.88 Å². The monoisotopic (exact) mass is 422 g/mol. The SMILES string of the molecule is Cc1ccc2ccccc2c1OC(CC(OP(=O)(O)O)N(C)C)c1cscn1. The minimum Gasteiger partial charge on any atom is -0.483 e. The highest BCUT2D eigenvalue weighted by atomic mass is 32.1. The van der Waals surface area contributed by atoms with E-state index < -0.39 is 20.2 Å². The van der Waals surface area contributed by atoms with Gasteiger partial charge >= 0.3 is 7.82 Å². The van der Waals surface area contributed by atoms with Crippen LogP contribution in [-0.2, 0) is 9.09 Å². The number of thiazole rings is 1. The molecule has 0 saturated heterocycles. The first-order valence-electron chi connectivity index (χ1n) is 8.68. The Morgan fingerprint density at radius 2 is 1.96 bits per heavy atom. The second kappa shape index (κ2) is 8.69. The number of nitrogens with zero attached hydrogens (tertiary/aromatic N) is 2. The maximum Gasteiger partial charge on any atom is 0.471 e. The summed E-state index contributed by atoms with van der Waals surface area (Å²) in [7, 11) is -1.26. The Hall–Kier alpha value is -1.80. The van der Waals surface area contributed by atoms with Gasteiger partial charge < -0.3 is 14.5 Å². The third-order valence-electron chi connectivity index (χ3n) is 4.37. The van der Waals surface area contributed by atoms with Crippen molar-refractivity contribution in [2.45, 2.75) is 25.7 Å². The number of hydrogen-bond donors (Lipinski definition) is 2. The third kappa shape index (κ3) is 5.17. The average Bonchev–Trinajstić information content (AvgIpc) is 3.16. The summed E-state index contributed by atoms with van der Waals surface area (Å²) >= 11 is 1.44. The molecule has 7 nitrogen and oxygen atoms in total. The molecule has 1 aromatic heterocycles. The van der Waals surface area contributed by atoms with E-state index in [0.29, 0.717) is 5.69 Å². The van der Waals surface area contributed by atoms with E-state index in [-0.39, 0.29) is 6.42 Å². The lowest BCUT2D eigenvalue weighted by Crippen LogP contribution is -2.33. The van der Waals surface area contributed by atoms with Crippen LogP contribution in [0.5, 0.6) is 5.75 Å². The van der Waals surface area contributed by atoms with Crippen LogP contribution in [0.3, 0.4) is 0 Å². The Bertz CT molecular complexity index is 974. The zero-order valence-corrected chi connectivity index (χ0v) is 17.6. The van der Waals surface area contributed by atoms with E-state index in [1.54, 1.807) is 24.5 Å². The number of phosphoric acid groups is 1. The molecule has 3 aromatic rings. The summed E-state index contributed by atoms with van der Waals surface area (Å²) in [5.74, 6) is 0.727. The van der Waals surface area contributed by atoms with Crippen molar-refractivity contribution in [2.75, 3.05) is 14.1 Å². The Morgan fingerprint density at radius 3 is 2.61 bits per heavy atom. The molecule has 1 heterocycles. The van der Waals surface area contributed by atoms with E-state index in [2.05, 4.69) is 4.98 Å². The van der Waals surface area contributed by atoms with Crippen LogP contribution in [0.4, 0.5) is 0 Å². The topological polar surface area (TPSA) is 92.1 Å². The number of ether oxygens (including phenoxy) is 1. The van der Waals surface area contributed by atoms with Crippen molar-refractivity contribution in [2.24, 2.45) is 0 Å². The van der Waals surface area contributed by atoms with Gasteiger partial charge in [0.1, 0.15) is 18.1 Å². The molecule has 0 fully saturated rings. The lowest BCUT2D eigenvalue weighted by atomic mass is 10.1. The molecule has 0 saturated carbocycles. The number of phosphoric ester groups is 1. The van der Waals surface area contributed by atoms with Crippen molar-refractivity contribution in [3.63, 3.8) is 0 Å². The summed E-state index contributed by atoms with van der Waals surface area (Å²) < 4.78 is 22.7. The maximum absolute atomic E-state index is 11.4. The lowest BCUT2D eigenvalue weighted by molar-refractivity contribution is 0.000107. The van der Waals surface area contributed by atoms with Crippen molar-refractivity contribution in [3.8, 4) is 5.75 Å². The van der Waals surface area contributed by atoms with E-state index in [1.165, 1.54) is 11.3 Å². The fourth-order valence-corrected chi connectivity index (χ4v) is 4.14. The number of benzene rings is 2. The van der Waals surface area contributed by atoms with Crippen LogP contribution >= 0.6 is 19.2 Å². The Morgan fingerprint density at radius 1 is 1.21 bits per heavy atom. The van der Waals surface area contributed by atoms with Crippen molar-refractivity contribution in [1.29, 1.82) is 0 Å². The molecule has 0 aliphatic carbocycles. The van der Waals surface area contributed by atoms with Gasteiger partial charge in [-0.15, -0.1) is 11.3 Å². The van der Waals surface area contributed by atoms with Crippen LogP contribution in [0.1, 0.15) is 23.8 Å². The number of rotatable bonds is 8. The average molecular weight is 422 g/mol. The molecule has 2 atom stereocenters. The van der Waals surface area contributed by atoms with E-state index in [0.717, 1.165) is 22.1 Å². The van der Waals surface area contributed by atoms with Crippen LogP contribution in [0.15, 0.2) is 47.3 Å². The van der Waals surface area contributed by atoms with Gasteiger partial charge in [-0.3, -0.25) is 9.42 Å². The van der Waals surface area contributed by atoms with Crippen molar-refractivity contribution in [3.05, 3.63) is 58.5 Å². The normalized spacial score (nSPS) is 14.4. The second-order valence-electron chi connectivity index (χ2n) is 6.70. The van der Waals surface area contributed by atoms with E-state index in [9.17, 15) is 14.4 Å². The maximum atomic E-state index is 11.4. The first-order chi connectivity index (χ1) is 13.2. The van der Waals surface area contributed by atoms with Crippen LogP contribution < -0.4 is 4.74 Å². The molecule has 0 aliphatic rings. The summed E-state index contributed by atoms with van der Waals surface area (Å²) in [6.07, 6.45) is -1.18. The van der Waals surface area contributed by atoms with Gasteiger partial charge in [0.2, 0.25) is 0 Å². The van der Waals surface area contributed by atoms with E-state index >= 15 is 0 Å². The van der Waals surface area contributed by atoms with Gasteiger partial charge in [0.05, 0.1) is 11.2 Å². The molecule has 0 amide bonds. The van der Waals surface area contributed by atoms with Gasteiger partial charge in [-0.2, -0.15) is 0 Å². The minimum absolute atomic E-state index is 0.199. The fourth-order valence-electron chi connectivity index (χ4n) is 2.95.